The molecule has 1 aromatic carbocycles. The van der Waals surface area contributed by atoms with Gasteiger partial charge in [-0.25, -0.2) is 0 Å². The Hall–Kier alpha value is -1.04. The predicted molar refractivity (Wildman–Crippen MR) is 70.3 cm³/mol. The molecule has 18 heavy (non-hydrogen) atoms. The zero-order valence-electron chi connectivity index (χ0n) is 9.83. The fourth-order valence-electron chi connectivity index (χ4n) is 2.02. The normalized spacial score (nSPS) is 15.8. The summed E-state index contributed by atoms with van der Waals surface area (Å²) >= 11 is 0.0466. The minimum Gasteiger partial charge on any atom is -0.383 e. The first kappa shape index (κ1) is 13.4. The third-order valence-electron chi connectivity index (χ3n) is 2.79. The highest BCUT2D eigenvalue weighted by Crippen LogP contribution is 2.32. The number of benzene rings is 1. The van der Waals surface area contributed by atoms with Crippen molar-refractivity contribution in [2.75, 3.05) is 35.6 Å². The van der Waals surface area contributed by atoms with Crippen LogP contribution in [0.25, 0.3) is 0 Å². The Kier molecular flexibility index (Phi) is 4.27. The van der Waals surface area contributed by atoms with E-state index in [0.29, 0.717) is 6.54 Å². The molecule has 1 aliphatic heterocycles. The number of para-hydroxylation sites is 2. The molecule has 0 saturated heterocycles. The summed E-state index contributed by atoms with van der Waals surface area (Å²) in [6, 6.07) is 7.76. The van der Waals surface area contributed by atoms with Gasteiger partial charge in [0, 0.05) is 25.4 Å². The maximum Gasteiger partial charge on any atom is 0.441 e. The third-order valence-corrected chi connectivity index (χ3v) is 3.51. The molecule has 0 fully saturated rings. The van der Waals surface area contributed by atoms with Crippen LogP contribution in [-0.4, -0.2) is 30.9 Å². The molecule has 2 rings (SSSR count). The van der Waals surface area contributed by atoms with Crippen LogP contribution in [0.2, 0.25) is 0 Å². The van der Waals surface area contributed by atoms with Crippen molar-refractivity contribution >= 4 is 23.1 Å². The van der Waals surface area contributed by atoms with E-state index >= 15 is 0 Å². The van der Waals surface area contributed by atoms with Crippen molar-refractivity contribution in [1.29, 1.82) is 0 Å². The van der Waals surface area contributed by atoms with E-state index in [2.05, 4.69) is 5.32 Å². The molecular formula is C12H15F3N2S. The van der Waals surface area contributed by atoms with Gasteiger partial charge in [0.1, 0.15) is 0 Å². The van der Waals surface area contributed by atoms with Crippen LogP contribution in [0.4, 0.5) is 24.5 Å². The molecular weight excluding hydrogens is 261 g/mol. The molecule has 100 valence electrons. The molecule has 0 unspecified atom stereocenters. The van der Waals surface area contributed by atoms with Crippen molar-refractivity contribution in [3.63, 3.8) is 0 Å². The lowest BCUT2D eigenvalue weighted by molar-refractivity contribution is -0.0327. The molecule has 0 aliphatic carbocycles. The summed E-state index contributed by atoms with van der Waals surface area (Å²) in [5, 5.41) is 3.29. The van der Waals surface area contributed by atoms with E-state index in [-0.39, 0.29) is 17.5 Å². The van der Waals surface area contributed by atoms with Gasteiger partial charge in [0.25, 0.3) is 0 Å². The fourth-order valence-corrected chi connectivity index (χ4v) is 2.56. The summed E-state index contributed by atoms with van der Waals surface area (Å²) in [5.74, 6) is 0.0673. The molecule has 1 heterocycles. The molecule has 2 nitrogen and oxygen atoms in total. The highest BCUT2D eigenvalue weighted by molar-refractivity contribution is 8.00. The second-order valence-corrected chi connectivity index (χ2v) is 5.24. The average Bonchev–Trinajstić information content (AvgIpc) is 2.51. The fraction of sp³-hybridized carbons (Fsp3) is 0.500. The third kappa shape index (κ3) is 3.73. The van der Waals surface area contributed by atoms with E-state index in [1.54, 1.807) is 0 Å². The molecule has 1 aromatic rings. The van der Waals surface area contributed by atoms with Gasteiger partial charge in [-0.3, -0.25) is 0 Å². The molecule has 1 N–H and O–H groups in total. The molecule has 0 aromatic heterocycles. The Morgan fingerprint density at radius 1 is 1.28 bits per heavy atom. The van der Waals surface area contributed by atoms with Gasteiger partial charge < -0.3 is 10.2 Å². The Morgan fingerprint density at radius 3 is 2.83 bits per heavy atom. The monoisotopic (exact) mass is 276 g/mol. The second-order valence-electron chi connectivity index (χ2n) is 4.08. The maximum atomic E-state index is 12.1. The van der Waals surface area contributed by atoms with Gasteiger partial charge in [0.2, 0.25) is 0 Å². The summed E-state index contributed by atoms with van der Waals surface area (Å²) in [6.45, 7) is 2.07. The Labute approximate surface area is 109 Å². The quantitative estimate of drug-likeness (QED) is 0.908. The number of nitrogens with zero attached hydrogens (tertiary/aromatic N) is 1. The van der Waals surface area contributed by atoms with Gasteiger partial charge in [-0.2, -0.15) is 13.2 Å². The molecule has 0 amide bonds. The second kappa shape index (κ2) is 5.73. The van der Waals surface area contributed by atoms with Crippen LogP contribution in [0.3, 0.4) is 0 Å². The first-order valence-corrected chi connectivity index (χ1v) is 6.83. The Balaban J connectivity index is 2.00. The smallest absolute Gasteiger partial charge is 0.383 e. The number of thioether (sulfide) groups is 1. The van der Waals surface area contributed by atoms with Crippen LogP contribution < -0.4 is 10.2 Å². The van der Waals surface area contributed by atoms with Crippen LogP contribution in [-0.2, 0) is 0 Å². The molecule has 0 radical (unpaired) electrons. The van der Waals surface area contributed by atoms with Gasteiger partial charge in [0.15, 0.2) is 0 Å². The lowest BCUT2D eigenvalue weighted by Crippen LogP contribution is -2.27. The highest BCUT2D eigenvalue weighted by atomic mass is 32.2. The summed E-state index contributed by atoms with van der Waals surface area (Å²) in [7, 11) is 0. The van der Waals surface area contributed by atoms with Crippen molar-refractivity contribution in [2.24, 2.45) is 0 Å². The van der Waals surface area contributed by atoms with Gasteiger partial charge in [-0.1, -0.05) is 12.1 Å². The summed E-state index contributed by atoms with van der Waals surface area (Å²) < 4.78 is 36.4. The SMILES string of the molecule is FC(F)(F)SCCN1CCCNc2ccccc21. The summed E-state index contributed by atoms with van der Waals surface area (Å²) in [5.41, 5.74) is -2.13. The standard InChI is InChI=1S/C12H15F3N2S/c13-12(14,15)18-9-8-17-7-3-6-16-10-4-1-2-5-11(10)17/h1-2,4-5,16H,3,6-9H2. The lowest BCUT2D eigenvalue weighted by atomic mass is 10.2. The number of halogens is 3. The number of hydrogen-bond donors (Lipinski definition) is 1. The summed E-state index contributed by atoms with van der Waals surface area (Å²) in [4.78, 5) is 2.02. The first-order valence-electron chi connectivity index (χ1n) is 5.85. The molecule has 0 bridgehead atoms. The van der Waals surface area contributed by atoms with Crippen LogP contribution in [0.15, 0.2) is 24.3 Å². The predicted octanol–water partition coefficient (Wildman–Crippen LogP) is 3.56. The largest absolute Gasteiger partial charge is 0.441 e. The Bertz CT molecular complexity index is 395. The number of hydrogen-bond acceptors (Lipinski definition) is 3. The molecule has 6 heteroatoms. The van der Waals surface area contributed by atoms with Crippen molar-refractivity contribution in [2.45, 2.75) is 11.9 Å². The maximum absolute atomic E-state index is 12.1. The van der Waals surface area contributed by atoms with Crippen LogP contribution in [0.5, 0.6) is 0 Å². The van der Waals surface area contributed by atoms with Gasteiger partial charge in [-0.15, -0.1) is 0 Å². The topological polar surface area (TPSA) is 15.3 Å². The van der Waals surface area contributed by atoms with Crippen molar-refractivity contribution < 1.29 is 13.2 Å². The number of nitrogens with one attached hydrogen (secondary N) is 1. The van der Waals surface area contributed by atoms with Crippen molar-refractivity contribution in [3.05, 3.63) is 24.3 Å². The van der Waals surface area contributed by atoms with Crippen molar-refractivity contribution in [3.8, 4) is 0 Å². The molecule has 0 spiro atoms. The van der Waals surface area contributed by atoms with E-state index in [1.807, 2.05) is 29.2 Å². The van der Waals surface area contributed by atoms with Gasteiger partial charge in [0.05, 0.1) is 11.4 Å². The number of alkyl halides is 3. The van der Waals surface area contributed by atoms with E-state index < -0.39 is 5.51 Å². The molecule has 0 saturated carbocycles. The lowest BCUT2D eigenvalue weighted by Gasteiger charge is -2.24. The zero-order valence-corrected chi connectivity index (χ0v) is 10.7. The molecule has 1 aliphatic rings. The summed E-state index contributed by atoms with van der Waals surface area (Å²) in [6.07, 6.45) is 0.936. The van der Waals surface area contributed by atoms with Gasteiger partial charge >= 0.3 is 5.51 Å². The first-order chi connectivity index (χ1) is 8.56. The number of rotatable bonds is 3. The van der Waals surface area contributed by atoms with E-state index in [0.717, 1.165) is 30.9 Å². The number of anilines is 2. The van der Waals surface area contributed by atoms with E-state index in [4.69, 9.17) is 0 Å². The van der Waals surface area contributed by atoms with Crippen LogP contribution >= 0.6 is 11.8 Å². The zero-order chi connectivity index (χ0) is 13.0. The van der Waals surface area contributed by atoms with Crippen LogP contribution in [0, 0.1) is 0 Å². The number of fused-ring (bicyclic) bond motifs is 1. The average molecular weight is 276 g/mol. The Morgan fingerprint density at radius 2 is 2.06 bits per heavy atom. The van der Waals surface area contributed by atoms with E-state index in [9.17, 15) is 13.2 Å². The molecule has 0 atom stereocenters. The van der Waals surface area contributed by atoms with Gasteiger partial charge in [-0.05, 0) is 30.3 Å². The highest BCUT2D eigenvalue weighted by Gasteiger charge is 2.28. The van der Waals surface area contributed by atoms with E-state index in [1.165, 1.54) is 0 Å². The van der Waals surface area contributed by atoms with Crippen molar-refractivity contribution in [1.82, 2.24) is 0 Å². The van der Waals surface area contributed by atoms with Crippen LogP contribution in [0.1, 0.15) is 6.42 Å². The minimum atomic E-state index is -4.14. The minimum absolute atomic E-state index is 0.0466.